The lowest BCUT2D eigenvalue weighted by Crippen LogP contribution is -2.56. The van der Waals surface area contributed by atoms with Crippen LogP contribution in [0.4, 0.5) is 0 Å². The lowest BCUT2D eigenvalue weighted by Gasteiger charge is -2.33. The number of carbonyl (C=O) groups excluding carboxylic acids is 1. The molecule has 0 aliphatic rings. The molecule has 0 heterocycles. The first-order chi connectivity index (χ1) is 15.5. The van der Waals surface area contributed by atoms with Crippen molar-refractivity contribution < 1.29 is 23.1 Å². The van der Waals surface area contributed by atoms with Gasteiger partial charge in [-0.2, -0.15) is 4.72 Å². The van der Waals surface area contributed by atoms with Crippen LogP contribution in [0.1, 0.15) is 29.7 Å². The molecule has 3 rings (SSSR count). The van der Waals surface area contributed by atoms with Crippen LogP contribution in [0.25, 0.3) is 0 Å². The van der Waals surface area contributed by atoms with Crippen LogP contribution in [-0.2, 0) is 26.2 Å². The highest BCUT2D eigenvalue weighted by atomic mass is 35.5. The SMILES string of the molecule is Cc1ccc(S(=O)(=O)N[C@](C)(C(=O)OCc2ccccc2)[C@@H](O)c2ccc(Cl)c(Cl)c2)cc1. The predicted octanol–water partition coefficient (Wildman–Crippen LogP) is 4.82. The van der Waals surface area contributed by atoms with Gasteiger partial charge in [0, 0.05) is 0 Å². The summed E-state index contributed by atoms with van der Waals surface area (Å²) in [6.07, 6.45) is -1.63. The molecule has 0 spiro atoms. The first-order valence-corrected chi connectivity index (χ1v) is 12.2. The third kappa shape index (κ3) is 5.93. The molecule has 0 radical (unpaired) electrons. The van der Waals surface area contributed by atoms with Gasteiger partial charge in [0.05, 0.1) is 14.9 Å². The molecule has 0 bridgehead atoms. The molecule has 2 N–H and O–H groups in total. The van der Waals surface area contributed by atoms with Gasteiger partial charge >= 0.3 is 5.97 Å². The molecule has 174 valence electrons. The Morgan fingerprint density at radius 3 is 2.27 bits per heavy atom. The van der Waals surface area contributed by atoms with Gasteiger partial charge in [0.15, 0.2) is 5.54 Å². The molecule has 2 atom stereocenters. The monoisotopic (exact) mass is 507 g/mol. The van der Waals surface area contributed by atoms with Crippen molar-refractivity contribution in [2.45, 2.75) is 37.0 Å². The van der Waals surface area contributed by atoms with E-state index in [4.69, 9.17) is 27.9 Å². The third-order valence-electron chi connectivity index (χ3n) is 5.12. The van der Waals surface area contributed by atoms with E-state index in [1.165, 1.54) is 37.3 Å². The number of halogens is 2. The van der Waals surface area contributed by atoms with Crippen LogP contribution in [0.5, 0.6) is 0 Å². The maximum absolute atomic E-state index is 13.2. The van der Waals surface area contributed by atoms with Gasteiger partial charge in [-0.1, -0.05) is 77.3 Å². The van der Waals surface area contributed by atoms with Gasteiger partial charge in [0.2, 0.25) is 10.0 Å². The number of hydrogen-bond donors (Lipinski definition) is 2. The highest BCUT2D eigenvalue weighted by molar-refractivity contribution is 7.89. The molecular formula is C24H23Cl2NO5S. The molecule has 0 aliphatic heterocycles. The minimum atomic E-state index is -4.20. The van der Waals surface area contributed by atoms with E-state index in [1.807, 2.05) is 13.0 Å². The highest BCUT2D eigenvalue weighted by Crippen LogP contribution is 2.33. The van der Waals surface area contributed by atoms with Crippen molar-refractivity contribution in [1.82, 2.24) is 4.72 Å². The number of sulfonamides is 1. The van der Waals surface area contributed by atoms with Crippen molar-refractivity contribution in [3.8, 4) is 0 Å². The summed E-state index contributed by atoms with van der Waals surface area (Å²) >= 11 is 12.0. The summed E-state index contributed by atoms with van der Waals surface area (Å²) < 4.78 is 34.0. The molecule has 6 nitrogen and oxygen atoms in total. The summed E-state index contributed by atoms with van der Waals surface area (Å²) in [7, 11) is -4.20. The van der Waals surface area contributed by atoms with Crippen molar-refractivity contribution in [3.05, 3.63) is 99.5 Å². The van der Waals surface area contributed by atoms with E-state index in [0.717, 1.165) is 5.56 Å². The highest BCUT2D eigenvalue weighted by Gasteiger charge is 2.46. The fourth-order valence-corrected chi connectivity index (χ4v) is 4.83. The van der Waals surface area contributed by atoms with Crippen LogP contribution in [0, 0.1) is 6.92 Å². The minimum Gasteiger partial charge on any atom is -0.459 e. The third-order valence-corrected chi connectivity index (χ3v) is 7.45. The van der Waals surface area contributed by atoms with Crippen LogP contribution in [0.2, 0.25) is 10.0 Å². The lowest BCUT2D eigenvalue weighted by atomic mass is 9.90. The number of carbonyl (C=O) groups is 1. The Bertz CT molecular complexity index is 1230. The quantitative estimate of drug-likeness (QED) is 0.426. The largest absolute Gasteiger partial charge is 0.459 e. The summed E-state index contributed by atoms with van der Waals surface area (Å²) in [5, 5.41) is 11.5. The van der Waals surface area contributed by atoms with Crippen LogP contribution < -0.4 is 4.72 Å². The molecule has 0 aromatic heterocycles. The standard InChI is InChI=1S/C24H23Cl2NO5S/c1-16-8-11-19(12-9-16)33(30,31)27-24(2,22(28)18-10-13-20(25)21(26)14-18)23(29)32-15-17-6-4-3-5-7-17/h3-14,22,27-28H,15H2,1-2H3/t22-,24-/m0/s1. The fraction of sp³-hybridized carbons (Fsp3) is 0.208. The molecule has 0 aliphatic carbocycles. The van der Waals surface area contributed by atoms with E-state index in [2.05, 4.69) is 4.72 Å². The van der Waals surface area contributed by atoms with E-state index in [-0.39, 0.29) is 27.1 Å². The number of rotatable bonds is 8. The lowest BCUT2D eigenvalue weighted by molar-refractivity contribution is -0.156. The average molecular weight is 508 g/mol. The van der Waals surface area contributed by atoms with Gasteiger partial charge in [-0.15, -0.1) is 0 Å². The van der Waals surface area contributed by atoms with E-state index in [9.17, 15) is 18.3 Å². The van der Waals surface area contributed by atoms with Crippen molar-refractivity contribution >= 4 is 39.2 Å². The zero-order valence-electron chi connectivity index (χ0n) is 18.0. The van der Waals surface area contributed by atoms with E-state index in [1.54, 1.807) is 36.4 Å². The molecule has 0 saturated heterocycles. The van der Waals surface area contributed by atoms with Gasteiger partial charge in [0.1, 0.15) is 12.7 Å². The van der Waals surface area contributed by atoms with E-state index >= 15 is 0 Å². The van der Waals surface area contributed by atoms with Crippen LogP contribution in [0.3, 0.4) is 0 Å². The first-order valence-electron chi connectivity index (χ1n) is 9.98. The van der Waals surface area contributed by atoms with Crippen LogP contribution >= 0.6 is 23.2 Å². The Balaban J connectivity index is 1.97. The molecule has 0 fully saturated rings. The minimum absolute atomic E-state index is 0.0588. The average Bonchev–Trinajstić information content (AvgIpc) is 2.79. The summed E-state index contributed by atoms with van der Waals surface area (Å²) in [5.74, 6) is -0.958. The van der Waals surface area contributed by atoms with Crippen molar-refractivity contribution in [2.75, 3.05) is 0 Å². The number of benzene rings is 3. The Kier molecular flexibility index (Phi) is 7.82. The molecular weight excluding hydrogens is 485 g/mol. The Morgan fingerprint density at radius 1 is 1.03 bits per heavy atom. The first kappa shape index (κ1) is 25.2. The van der Waals surface area contributed by atoms with Crippen molar-refractivity contribution in [1.29, 1.82) is 0 Å². The Morgan fingerprint density at radius 2 is 1.67 bits per heavy atom. The zero-order valence-corrected chi connectivity index (χ0v) is 20.3. The Hall–Kier alpha value is -2.42. The van der Waals surface area contributed by atoms with Gasteiger partial charge in [0.25, 0.3) is 0 Å². The number of esters is 1. The van der Waals surface area contributed by atoms with Crippen molar-refractivity contribution in [2.24, 2.45) is 0 Å². The van der Waals surface area contributed by atoms with Crippen molar-refractivity contribution in [3.63, 3.8) is 0 Å². The maximum atomic E-state index is 13.2. The number of hydrogen-bond acceptors (Lipinski definition) is 5. The topological polar surface area (TPSA) is 92.7 Å². The molecule has 3 aromatic carbocycles. The smallest absolute Gasteiger partial charge is 0.330 e. The number of nitrogens with one attached hydrogen (secondary N) is 1. The normalized spacial score (nSPS) is 14.3. The van der Waals surface area contributed by atoms with E-state index < -0.39 is 27.6 Å². The van der Waals surface area contributed by atoms with E-state index in [0.29, 0.717) is 5.56 Å². The fourth-order valence-electron chi connectivity index (χ4n) is 3.15. The second-order valence-corrected chi connectivity index (χ2v) is 10.3. The molecule has 0 unspecified atom stereocenters. The molecule has 0 saturated carbocycles. The zero-order chi connectivity index (χ0) is 24.2. The summed E-state index contributed by atoms with van der Waals surface area (Å²) in [6, 6.07) is 19.3. The van der Waals surface area contributed by atoms with Gasteiger partial charge < -0.3 is 9.84 Å². The summed E-state index contributed by atoms with van der Waals surface area (Å²) in [4.78, 5) is 13.1. The number of aryl methyl sites for hydroxylation is 1. The summed E-state index contributed by atoms with van der Waals surface area (Å²) in [5.41, 5.74) is -0.307. The second kappa shape index (κ2) is 10.2. The van der Waals surface area contributed by atoms with Crippen LogP contribution in [-0.4, -0.2) is 25.0 Å². The number of aliphatic hydroxyl groups excluding tert-OH is 1. The van der Waals surface area contributed by atoms with Gasteiger partial charge in [-0.3, -0.25) is 0 Å². The molecule has 9 heteroatoms. The number of aliphatic hydroxyl groups is 1. The maximum Gasteiger partial charge on any atom is 0.330 e. The molecule has 0 amide bonds. The van der Waals surface area contributed by atoms with Crippen LogP contribution in [0.15, 0.2) is 77.7 Å². The van der Waals surface area contributed by atoms with Gasteiger partial charge in [-0.25, -0.2) is 13.2 Å². The molecule has 33 heavy (non-hydrogen) atoms. The summed E-state index contributed by atoms with van der Waals surface area (Å²) in [6.45, 7) is 2.98. The molecule has 3 aromatic rings. The van der Waals surface area contributed by atoms with Gasteiger partial charge in [-0.05, 0) is 49.2 Å². The predicted molar refractivity (Wildman–Crippen MR) is 128 cm³/mol. The second-order valence-electron chi connectivity index (χ2n) is 7.76. The number of ether oxygens (including phenoxy) is 1. The Labute approximate surface area is 203 Å².